The lowest BCUT2D eigenvalue weighted by atomic mass is 10.3. The first-order valence-electron chi connectivity index (χ1n) is 7.13. The highest BCUT2D eigenvalue weighted by atomic mass is 32.2. The van der Waals surface area contributed by atoms with E-state index in [0.717, 1.165) is 11.5 Å². The topological polar surface area (TPSA) is 70.8 Å². The number of anilines is 1. The van der Waals surface area contributed by atoms with Crippen LogP contribution in [0, 0.1) is 0 Å². The molecule has 0 unspecified atom stereocenters. The fourth-order valence-corrected chi connectivity index (χ4v) is 4.14. The van der Waals surface area contributed by atoms with Gasteiger partial charge in [-0.2, -0.15) is 13.9 Å². The van der Waals surface area contributed by atoms with Crippen LogP contribution in [0.5, 0.6) is 0 Å². The molecule has 0 aliphatic carbocycles. The molecule has 2 aromatic rings. The highest BCUT2D eigenvalue weighted by Gasteiger charge is 2.27. The zero-order chi connectivity index (χ0) is 14.9. The molecule has 0 atom stereocenters. The molecule has 3 rings (SSSR count). The van der Waals surface area contributed by atoms with Crippen molar-refractivity contribution in [1.82, 2.24) is 18.9 Å². The van der Waals surface area contributed by atoms with Gasteiger partial charge in [-0.3, -0.25) is 0 Å². The summed E-state index contributed by atoms with van der Waals surface area (Å²) in [6.07, 6.45) is 4.13. The second-order valence-electron chi connectivity index (χ2n) is 5.11. The first kappa shape index (κ1) is 14.3. The quantitative estimate of drug-likeness (QED) is 0.827. The van der Waals surface area contributed by atoms with Crippen molar-refractivity contribution in [3.63, 3.8) is 0 Å². The molecule has 114 valence electrons. The maximum atomic E-state index is 12.1. The van der Waals surface area contributed by atoms with Gasteiger partial charge in [-0.15, -0.1) is 0 Å². The molecule has 1 aliphatic rings. The van der Waals surface area contributed by atoms with Gasteiger partial charge in [-0.25, -0.2) is 13.4 Å². The third kappa shape index (κ3) is 2.73. The number of fused-ring (bicyclic) bond motifs is 1. The Labute approximate surface area is 124 Å². The van der Waals surface area contributed by atoms with E-state index in [-0.39, 0.29) is 5.75 Å². The van der Waals surface area contributed by atoms with E-state index in [0.29, 0.717) is 32.6 Å². The van der Waals surface area contributed by atoms with Gasteiger partial charge in [-0.1, -0.05) is 6.92 Å². The summed E-state index contributed by atoms with van der Waals surface area (Å²) in [5.74, 6) is 1.18. The molecule has 0 spiro atoms. The number of piperazine rings is 1. The molecule has 21 heavy (non-hydrogen) atoms. The lowest BCUT2D eigenvalue weighted by Gasteiger charge is -2.35. The second-order valence-corrected chi connectivity index (χ2v) is 7.19. The molecule has 0 N–H and O–H groups in total. The third-order valence-electron chi connectivity index (χ3n) is 3.69. The summed E-state index contributed by atoms with van der Waals surface area (Å²) in [6, 6.07) is 3.77. The zero-order valence-electron chi connectivity index (χ0n) is 12.0. The van der Waals surface area contributed by atoms with E-state index in [1.165, 1.54) is 0 Å². The van der Waals surface area contributed by atoms with E-state index in [9.17, 15) is 8.42 Å². The summed E-state index contributed by atoms with van der Waals surface area (Å²) in [5, 5.41) is 4.27. The number of nitrogens with zero attached hydrogens (tertiary/aromatic N) is 5. The summed E-state index contributed by atoms with van der Waals surface area (Å²) < 4.78 is 27.5. The summed E-state index contributed by atoms with van der Waals surface area (Å²) in [7, 11) is -3.10. The SMILES string of the molecule is CCCS(=O)(=O)N1CCN(c2ccnc3ccnn23)CC1. The Morgan fingerprint density at radius 3 is 2.62 bits per heavy atom. The first-order valence-corrected chi connectivity index (χ1v) is 8.74. The van der Waals surface area contributed by atoms with Crippen LogP contribution in [0.15, 0.2) is 24.5 Å². The van der Waals surface area contributed by atoms with Crippen LogP contribution in [-0.2, 0) is 10.0 Å². The molecule has 7 nitrogen and oxygen atoms in total. The maximum Gasteiger partial charge on any atom is 0.214 e. The van der Waals surface area contributed by atoms with Crippen molar-refractivity contribution in [2.24, 2.45) is 0 Å². The molecule has 0 aromatic carbocycles. The van der Waals surface area contributed by atoms with Crippen LogP contribution in [0.3, 0.4) is 0 Å². The van der Waals surface area contributed by atoms with Gasteiger partial charge in [0, 0.05) is 38.4 Å². The first-order chi connectivity index (χ1) is 10.1. The van der Waals surface area contributed by atoms with Crippen LogP contribution in [0.1, 0.15) is 13.3 Å². The van der Waals surface area contributed by atoms with Crippen molar-refractivity contribution < 1.29 is 8.42 Å². The average molecular weight is 309 g/mol. The summed E-state index contributed by atoms with van der Waals surface area (Å²) in [5.41, 5.74) is 0.800. The smallest absolute Gasteiger partial charge is 0.214 e. The van der Waals surface area contributed by atoms with Crippen molar-refractivity contribution in [2.75, 3.05) is 36.8 Å². The molecule has 1 aliphatic heterocycles. The Bertz CT molecular complexity index is 719. The number of hydrogen-bond acceptors (Lipinski definition) is 5. The van der Waals surface area contributed by atoms with Crippen molar-refractivity contribution in [1.29, 1.82) is 0 Å². The Kier molecular flexibility index (Phi) is 3.81. The molecular weight excluding hydrogens is 290 g/mol. The van der Waals surface area contributed by atoms with Crippen LogP contribution in [-0.4, -0.2) is 59.3 Å². The summed E-state index contributed by atoms with van der Waals surface area (Å²) in [6.45, 7) is 4.27. The van der Waals surface area contributed by atoms with Crippen molar-refractivity contribution in [3.05, 3.63) is 24.5 Å². The summed E-state index contributed by atoms with van der Waals surface area (Å²) in [4.78, 5) is 6.40. The minimum atomic E-state index is -3.10. The minimum absolute atomic E-state index is 0.228. The highest BCUT2D eigenvalue weighted by Crippen LogP contribution is 2.18. The lowest BCUT2D eigenvalue weighted by Crippen LogP contribution is -2.49. The molecule has 0 bridgehead atoms. The fourth-order valence-electron chi connectivity index (χ4n) is 2.64. The summed E-state index contributed by atoms with van der Waals surface area (Å²) >= 11 is 0. The van der Waals surface area contributed by atoms with Crippen molar-refractivity contribution >= 4 is 21.5 Å². The van der Waals surface area contributed by atoms with Crippen LogP contribution >= 0.6 is 0 Å². The molecular formula is C13H19N5O2S. The minimum Gasteiger partial charge on any atom is -0.354 e. The molecule has 2 aromatic heterocycles. The number of rotatable bonds is 4. The van der Waals surface area contributed by atoms with Gasteiger partial charge in [0.15, 0.2) is 5.65 Å². The van der Waals surface area contributed by atoms with Crippen LogP contribution in [0.2, 0.25) is 0 Å². The van der Waals surface area contributed by atoms with E-state index in [1.54, 1.807) is 21.2 Å². The molecule has 0 radical (unpaired) electrons. The predicted octanol–water partition coefficient (Wildman–Crippen LogP) is 0.591. The molecule has 8 heteroatoms. The number of hydrogen-bond donors (Lipinski definition) is 0. The Morgan fingerprint density at radius 1 is 1.14 bits per heavy atom. The van der Waals surface area contributed by atoms with Crippen molar-refractivity contribution in [2.45, 2.75) is 13.3 Å². The highest BCUT2D eigenvalue weighted by molar-refractivity contribution is 7.89. The largest absolute Gasteiger partial charge is 0.354 e. The van der Waals surface area contributed by atoms with E-state index in [4.69, 9.17) is 0 Å². The van der Waals surface area contributed by atoms with Crippen LogP contribution in [0.4, 0.5) is 5.82 Å². The fraction of sp³-hybridized carbons (Fsp3) is 0.538. The zero-order valence-corrected chi connectivity index (χ0v) is 12.8. The van der Waals surface area contributed by atoms with E-state index in [2.05, 4.69) is 15.0 Å². The molecule has 0 saturated carbocycles. The molecule has 1 fully saturated rings. The van der Waals surface area contributed by atoms with E-state index >= 15 is 0 Å². The van der Waals surface area contributed by atoms with Gasteiger partial charge in [-0.05, 0) is 12.5 Å². The normalized spacial score (nSPS) is 17.5. The van der Waals surface area contributed by atoms with Crippen molar-refractivity contribution in [3.8, 4) is 0 Å². The molecule has 1 saturated heterocycles. The monoisotopic (exact) mass is 309 g/mol. The third-order valence-corrected chi connectivity index (χ3v) is 5.76. The van der Waals surface area contributed by atoms with Gasteiger partial charge in [0.1, 0.15) is 5.82 Å². The van der Waals surface area contributed by atoms with Gasteiger partial charge >= 0.3 is 0 Å². The molecule has 3 heterocycles. The lowest BCUT2D eigenvalue weighted by molar-refractivity contribution is 0.382. The van der Waals surface area contributed by atoms with Crippen LogP contribution in [0.25, 0.3) is 5.65 Å². The van der Waals surface area contributed by atoms with Gasteiger partial charge in [0.2, 0.25) is 10.0 Å². The predicted molar refractivity (Wildman–Crippen MR) is 80.9 cm³/mol. The number of aromatic nitrogens is 3. The van der Waals surface area contributed by atoms with Gasteiger partial charge < -0.3 is 4.90 Å². The van der Waals surface area contributed by atoms with Gasteiger partial charge in [0.25, 0.3) is 0 Å². The average Bonchev–Trinajstić information content (AvgIpc) is 2.95. The maximum absolute atomic E-state index is 12.1. The standard InChI is InChI=1S/C13H19N5O2S/c1-2-11-21(19,20)17-9-7-16(8-10-17)13-4-5-14-12-3-6-15-18(12)13/h3-6H,2,7-11H2,1H3. The second kappa shape index (κ2) is 5.61. The Balaban J connectivity index is 1.76. The van der Waals surface area contributed by atoms with Crippen LogP contribution < -0.4 is 4.90 Å². The Hall–Kier alpha value is -1.67. The van der Waals surface area contributed by atoms with E-state index < -0.39 is 10.0 Å². The Morgan fingerprint density at radius 2 is 1.90 bits per heavy atom. The van der Waals surface area contributed by atoms with Gasteiger partial charge in [0.05, 0.1) is 11.9 Å². The van der Waals surface area contributed by atoms with E-state index in [1.807, 2.05) is 19.1 Å². The number of sulfonamides is 1. The molecule has 0 amide bonds.